The molecule has 8 heteroatoms. The molecule has 1 aliphatic carbocycles. The quantitative estimate of drug-likeness (QED) is 0.402. The second kappa shape index (κ2) is 14.4. The maximum absolute atomic E-state index is 12.8. The Morgan fingerprint density at radius 1 is 0.895 bits per heavy atom. The normalized spacial score (nSPS) is 20.3. The van der Waals surface area contributed by atoms with Crippen LogP contribution in [0.1, 0.15) is 72.3 Å². The number of hydrogen-bond acceptors (Lipinski definition) is 3. The minimum absolute atomic E-state index is 0.0521. The van der Waals surface area contributed by atoms with Crippen molar-refractivity contribution >= 4 is 18.0 Å². The molecule has 2 unspecified atom stereocenters. The Bertz CT molecular complexity index is 902. The van der Waals surface area contributed by atoms with Crippen LogP contribution in [-0.2, 0) is 11.3 Å². The molecule has 1 aromatic carbocycles. The third-order valence-corrected chi connectivity index (χ3v) is 7.74. The second-order valence-corrected chi connectivity index (χ2v) is 12.2. The summed E-state index contributed by atoms with van der Waals surface area (Å²) in [5.74, 6) is 0.567. The summed E-state index contributed by atoms with van der Waals surface area (Å²) in [7, 11) is 3.57. The van der Waals surface area contributed by atoms with Gasteiger partial charge in [-0.05, 0) is 61.8 Å². The minimum Gasteiger partial charge on any atom is -0.343 e. The number of rotatable bonds is 12. The molecule has 2 N–H and O–H groups in total. The Hall–Kier alpha value is -2.77. The molecule has 8 nitrogen and oxygen atoms in total. The molecule has 0 aromatic heterocycles. The van der Waals surface area contributed by atoms with Crippen molar-refractivity contribution in [1.82, 2.24) is 25.3 Å². The SMILES string of the molecule is CCN(CC)C(=O)CC1CC(C)(C)CC(C)(CNC(=O)N(C)CCCN(C)C(=O)NCc2ccccc2)C1. The van der Waals surface area contributed by atoms with Crippen molar-refractivity contribution in [1.29, 1.82) is 0 Å². The summed E-state index contributed by atoms with van der Waals surface area (Å²) in [5, 5.41) is 6.07. The van der Waals surface area contributed by atoms with E-state index in [2.05, 4.69) is 31.4 Å². The smallest absolute Gasteiger partial charge is 0.317 e. The van der Waals surface area contributed by atoms with E-state index in [1.165, 1.54) is 0 Å². The van der Waals surface area contributed by atoms with Crippen LogP contribution in [0.15, 0.2) is 30.3 Å². The molecule has 0 aliphatic heterocycles. The van der Waals surface area contributed by atoms with Gasteiger partial charge in [0.15, 0.2) is 0 Å². The van der Waals surface area contributed by atoms with E-state index in [0.717, 1.165) is 37.9 Å². The van der Waals surface area contributed by atoms with E-state index in [-0.39, 0.29) is 28.8 Å². The lowest BCUT2D eigenvalue weighted by Crippen LogP contribution is -2.47. The van der Waals surface area contributed by atoms with Crippen LogP contribution < -0.4 is 10.6 Å². The van der Waals surface area contributed by atoms with Crippen molar-refractivity contribution in [2.24, 2.45) is 16.7 Å². The highest BCUT2D eigenvalue weighted by Crippen LogP contribution is 2.49. The first-order chi connectivity index (χ1) is 17.9. The summed E-state index contributed by atoms with van der Waals surface area (Å²) < 4.78 is 0. The van der Waals surface area contributed by atoms with Crippen molar-refractivity contribution in [3.05, 3.63) is 35.9 Å². The van der Waals surface area contributed by atoms with Gasteiger partial charge in [-0.1, -0.05) is 51.1 Å². The van der Waals surface area contributed by atoms with Crippen molar-refractivity contribution in [3.8, 4) is 0 Å². The number of amides is 5. The summed E-state index contributed by atoms with van der Waals surface area (Å²) in [4.78, 5) is 43.2. The van der Waals surface area contributed by atoms with Gasteiger partial charge in [-0.3, -0.25) is 4.79 Å². The minimum atomic E-state index is -0.122. The van der Waals surface area contributed by atoms with Crippen LogP contribution in [0, 0.1) is 16.7 Å². The lowest BCUT2D eigenvalue weighted by atomic mass is 9.60. The summed E-state index contributed by atoms with van der Waals surface area (Å²) >= 11 is 0. The molecule has 1 aliphatic rings. The zero-order chi connectivity index (χ0) is 28.3. The molecule has 0 radical (unpaired) electrons. The zero-order valence-electron chi connectivity index (χ0n) is 24.8. The fourth-order valence-electron chi connectivity index (χ4n) is 6.16. The largest absolute Gasteiger partial charge is 0.343 e. The molecule has 1 fully saturated rings. The molecule has 1 aromatic rings. The van der Waals surface area contributed by atoms with Gasteiger partial charge in [0.05, 0.1) is 0 Å². The van der Waals surface area contributed by atoms with Crippen LogP contribution >= 0.6 is 0 Å². The van der Waals surface area contributed by atoms with Gasteiger partial charge >= 0.3 is 12.1 Å². The van der Waals surface area contributed by atoms with E-state index < -0.39 is 0 Å². The molecular formula is C30H51N5O3. The predicted octanol–water partition coefficient (Wildman–Crippen LogP) is 4.95. The van der Waals surface area contributed by atoms with Crippen LogP contribution in [0.3, 0.4) is 0 Å². The van der Waals surface area contributed by atoms with Gasteiger partial charge in [-0.25, -0.2) is 9.59 Å². The van der Waals surface area contributed by atoms with Crippen LogP contribution in [0.2, 0.25) is 0 Å². The van der Waals surface area contributed by atoms with E-state index in [0.29, 0.717) is 44.9 Å². The maximum Gasteiger partial charge on any atom is 0.317 e. The fourth-order valence-corrected chi connectivity index (χ4v) is 6.16. The van der Waals surface area contributed by atoms with E-state index >= 15 is 0 Å². The average Bonchev–Trinajstić information content (AvgIpc) is 2.85. The first kappa shape index (κ1) is 31.4. The highest BCUT2D eigenvalue weighted by atomic mass is 16.2. The number of hydrogen-bond donors (Lipinski definition) is 2. The number of urea groups is 2. The molecule has 38 heavy (non-hydrogen) atoms. The van der Waals surface area contributed by atoms with Gasteiger partial charge in [0.2, 0.25) is 5.91 Å². The molecule has 0 saturated heterocycles. The number of nitrogens with one attached hydrogen (secondary N) is 2. The molecule has 0 spiro atoms. The molecule has 0 bridgehead atoms. The molecule has 214 valence electrons. The monoisotopic (exact) mass is 529 g/mol. The lowest BCUT2D eigenvalue weighted by Gasteiger charge is -2.47. The highest BCUT2D eigenvalue weighted by molar-refractivity contribution is 5.76. The average molecular weight is 530 g/mol. The van der Waals surface area contributed by atoms with E-state index in [4.69, 9.17) is 0 Å². The maximum atomic E-state index is 12.8. The molecular weight excluding hydrogens is 478 g/mol. The fraction of sp³-hybridized carbons (Fsp3) is 0.700. The van der Waals surface area contributed by atoms with Crippen molar-refractivity contribution in [2.75, 3.05) is 46.8 Å². The Balaban J connectivity index is 1.77. The Morgan fingerprint density at radius 2 is 1.47 bits per heavy atom. The summed E-state index contributed by atoms with van der Waals surface area (Å²) in [6, 6.07) is 9.60. The number of carbonyl (C=O) groups excluding carboxylic acids is 3. The zero-order valence-corrected chi connectivity index (χ0v) is 24.8. The van der Waals surface area contributed by atoms with E-state index in [1.807, 2.05) is 49.1 Å². The van der Waals surface area contributed by atoms with Gasteiger partial charge in [0, 0.05) is 59.8 Å². The van der Waals surface area contributed by atoms with E-state index in [1.54, 1.807) is 23.9 Å². The number of nitrogens with zero attached hydrogens (tertiary/aromatic N) is 3. The van der Waals surface area contributed by atoms with Crippen molar-refractivity contribution in [3.63, 3.8) is 0 Å². The summed E-state index contributed by atoms with van der Waals surface area (Å²) in [6.07, 6.45) is 4.27. The molecule has 2 rings (SSSR count). The van der Waals surface area contributed by atoms with Crippen LogP contribution in [0.25, 0.3) is 0 Å². The number of carbonyl (C=O) groups is 3. The Morgan fingerprint density at radius 3 is 2.05 bits per heavy atom. The lowest BCUT2D eigenvalue weighted by molar-refractivity contribution is -0.132. The van der Waals surface area contributed by atoms with E-state index in [9.17, 15) is 14.4 Å². The topological polar surface area (TPSA) is 85.0 Å². The van der Waals surface area contributed by atoms with Gasteiger partial charge in [0.1, 0.15) is 0 Å². The highest BCUT2D eigenvalue weighted by Gasteiger charge is 2.42. The van der Waals surface area contributed by atoms with Crippen molar-refractivity contribution < 1.29 is 14.4 Å². The first-order valence-corrected chi connectivity index (χ1v) is 14.2. The van der Waals surface area contributed by atoms with Gasteiger partial charge in [-0.2, -0.15) is 0 Å². The van der Waals surface area contributed by atoms with Crippen molar-refractivity contribution in [2.45, 2.75) is 73.3 Å². The summed E-state index contributed by atoms with van der Waals surface area (Å²) in [6.45, 7) is 14.6. The molecule has 0 heterocycles. The Labute approximate surface area is 230 Å². The molecule has 5 amide bonds. The second-order valence-electron chi connectivity index (χ2n) is 12.2. The van der Waals surface area contributed by atoms with Crippen LogP contribution in [0.4, 0.5) is 9.59 Å². The summed E-state index contributed by atoms with van der Waals surface area (Å²) in [5.41, 5.74) is 1.13. The standard InChI is InChI=1S/C30H51N5O3/c1-8-35(9-2)26(36)18-25-19-29(3,4)22-30(5,20-25)23-32-28(38)34(7)17-13-16-33(6)27(37)31-21-24-14-11-10-12-15-24/h10-12,14-15,25H,8-9,13,16-23H2,1-7H3,(H,31,37)(H,32,38). The molecule has 1 saturated carbocycles. The van der Waals surface area contributed by atoms with Crippen LogP contribution in [-0.4, -0.2) is 79.5 Å². The third kappa shape index (κ3) is 10.2. The van der Waals surface area contributed by atoms with Gasteiger partial charge in [0.25, 0.3) is 0 Å². The molecule has 2 atom stereocenters. The van der Waals surface area contributed by atoms with Gasteiger partial charge < -0.3 is 25.3 Å². The van der Waals surface area contributed by atoms with Crippen LogP contribution in [0.5, 0.6) is 0 Å². The number of benzene rings is 1. The first-order valence-electron chi connectivity index (χ1n) is 14.2. The predicted molar refractivity (Wildman–Crippen MR) is 154 cm³/mol. The van der Waals surface area contributed by atoms with Gasteiger partial charge in [-0.15, -0.1) is 0 Å². The Kier molecular flexibility index (Phi) is 11.9. The third-order valence-electron chi connectivity index (χ3n) is 7.74.